The molecule has 6 nitrogen and oxygen atoms in total. The smallest absolute Gasteiger partial charge is 0.272 e. The normalized spacial score (nSPS) is 18.6. The summed E-state index contributed by atoms with van der Waals surface area (Å²) in [6.07, 6.45) is 2.45. The lowest BCUT2D eigenvalue weighted by molar-refractivity contribution is 0.0688. The Bertz CT molecular complexity index is 581. The second kappa shape index (κ2) is 4.86. The number of hydrogen-bond donors (Lipinski definition) is 1. The van der Waals surface area contributed by atoms with Crippen LogP contribution in [-0.2, 0) is 6.54 Å². The van der Waals surface area contributed by atoms with Gasteiger partial charge in [-0.25, -0.2) is 0 Å². The summed E-state index contributed by atoms with van der Waals surface area (Å²) in [6, 6.07) is 1.61. The van der Waals surface area contributed by atoms with Gasteiger partial charge >= 0.3 is 0 Å². The minimum Gasteiger partial charge on any atom is -0.346 e. The number of hydrogen-bond acceptors (Lipinski definition) is 3. The first-order valence-corrected chi connectivity index (χ1v) is 7.53. The fourth-order valence-electron chi connectivity index (χ4n) is 2.54. The van der Waals surface area contributed by atoms with Crippen LogP contribution in [0.3, 0.4) is 0 Å². The van der Waals surface area contributed by atoms with Crippen molar-refractivity contribution in [1.82, 2.24) is 20.0 Å². The lowest BCUT2D eigenvalue weighted by Gasteiger charge is -2.27. The van der Waals surface area contributed by atoms with E-state index in [-0.39, 0.29) is 17.4 Å². The predicted octanol–water partition coefficient (Wildman–Crippen LogP) is 1.28. The summed E-state index contributed by atoms with van der Waals surface area (Å²) in [5.74, 6) is 0.438. The van der Waals surface area contributed by atoms with Crippen molar-refractivity contribution in [2.24, 2.45) is 5.92 Å². The van der Waals surface area contributed by atoms with Gasteiger partial charge in [-0.3, -0.25) is 14.3 Å². The monoisotopic (exact) mass is 290 g/mol. The number of rotatable bonds is 3. The zero-order valence-corrected chi connectivity index (χ0v) is 12.8. The standard InChI is InChI=1S/C15H22N4O2/c1-15(2,3)16-13(20)11-8-12-14(21)18(9-10-4-5-10)6-7-19(12)17-11/h8,10H,4-7,9H2,1-3H3,(H,16,20). The van der Waals surface area contributed by atoms with Gasteiger partial charge in [0.05, 0.1) is 6.54 Å². The largest absolute Gasteiger partial charge is 0.346 e. The second-order valence-electron chi connectivity index (χ2n) is 7.04. The first kappa shape index (κ1) is 14.1. The first-order chi connectivity index (χ1) is 9.83. The molecule has 1 aromatic rings. The van der Waals surface area contributed by atoms with E-state index < -0.39 is 0 Å². The van der Waals surface area contributed by atoms with Crippen LogP contribution >= 0.6 is 0 Å². The quantitative estimate of drug-likeness (QED) is 0.912. The highest BCUT2D eigenvalue weighted by Crippen LogP contribution is 2.30. The van der Waals surface area contributed by atoms with Crippen molar-refractivity contribution in [3.63, 3.8) is 0 Å². The summed E-state index contributed by atoms with van der Waals surface area (Å²) >= 11 is 0. The summed E-state index contributed by atoms with van der Waals surface area (Å²) in [5, 5.41) is 7.14. The Morgan fingerprint density at radius 1 is 1.38 bits per heavy atom. The average Bonchev–Trinajstić information content (AvgIpc) is 3.06. The van der Waals surface area contributed by atoms with Gasteiger partial charge in [-0.05, 0) is 39.5 Å². The van der Waals surface area contributed by atoms with E-state index in [4.69, 9.17) is 0 Å². The van der Waals surface area contributed by atoms with Gasteiger partial charge in [0, 0.05) is 24.7 Å². The molecule has 0 saturated heterocycles. The van der Waals surface area contributed by atoms with Crippen molar-refractivity contribution in [2.45, 2.75) is 45.7 Å². The number of aromatic nitrogens is 2. The molecule has 1 saturated carbocycles. The third-order valence-electron chi connectivity index (χ3n) is 3.76. The molecule has 0 spiro atoms. The summed E-state index contributed by atoms with van der Waals surface area (Å²) in [5.41, 5.74) is 0.533. The molecule has 3 rings (SSSR count). The molecular weight excluding hydrogens is 268 g/mol. The molecule has 114 valence electrons. The van der Waals surface area contributed by atoms with Crippen LogP contribution in [0.5, 0.6) is 0 Å². The van der Waals surface area contributed by atoms with Crippen LogP contribution in [0, 0.1) is 5.92 Å². The molecule has 1 fully saturated rings. The topological polar surface area (TPSA) is 67.2 Å². The molecule has 1 aromatic heterocycles. The fourth-order valence-corrected chi connectivity index (χ4v) is 2.54. The van der Waals surface area contributed by atoms with Crippen molar-refractivity contribution >= 4 is 11.8 Å². The first-order valence-electron chi connectivity index (χ1n) is 7.53. The highest BCUT2D eigenvalue weighted by molar-refractivity contribution is 5.98. The van der Waals surface area contributed by atoms with Crippen LogP contribution in [0.2, 0.25) is 0 Å². The molecule has 6 heteroatoms. The van der Waals surface area contributed by atoms with Crippen molar-refractivity contribution in [3.8, 4) is 0 Å². The van der Waals surface area contributed by atoms with Crippen LogP contribution in [-0.4, -0.2) is 45.1 Å². The molecule has 1 N–H and O–H groups in total. The second-order valence-corrected chi connectivity index (χ2v) is 7.04. The Kier molecular flexibility index (Phi) is 3.26. The van der Waals surface area contributed by atoms with Crippen LogP contribution < -0.4 is 5.32 Å². The number of carbonyl (C=O) groups is 2. The van der Waals surface area contributed by atoms with E-state index in [0.717, 1.165) is 6.54 Å². The SMILES string of the molecule is CC(C)(C)NC(=O)c1cc2n(n1)CCN(CC1CC1)C2=O. The van der Waals surface area contributed by atoms with E-state index in [9.17, 15) is 9.59 Å². The van der Waals surface area contributed by atoms with Gasteiger partial charge in [-0.2, -0.15) is 5.10 Å². The highest BCUT2D eigenvalue weighted by Gasteiger charge is 2.32. The van der Waals surface area contributed by atoms with Gasteiger partial charge in [0.15, 0.2) is 5.69 Å². The van der Waals surface area contributed by atoms with Crippen molar-refractivity contribution < 1.29 is 9.59 Å². The summed E-state index contributed by atoms with van der Waals surface area (Å²) in [7, 11) is 0. The molecule has 0 atom stereocenters. The lowest BCUT2D eigenvalue weighted by atomic mass is 10.1. The minimum absolute atomic E-state index is 0.00420. The van der Waals surface area contributed by atoms with Crippen molar-refractivity contribution in [2.75, 3.05) is 13.1 Å². The van der Waals surface area contributed by atoms with Crippen molar-refractivity contribution in [3.05, 3.63) is 17.5 Å². The maximum absolute atomic E-state index is 12.4. The van der Waals surface area contributed by atoms with Crippen molar-refractivity contribution in [1.29, 1.82) is 0 Å². The van der Waals surface area contributed by atoms with E-state index in [1.165, 1.54) is 12.8 Å². The maximum Gasteiger partial charge on any atom is 0.272 e. The zero-order valence-electron chi connectivity index (χ0n) is 12.8. The van der Waals surface area contributed by atoms with E-state index in [1.807, 2.05) is 25.7 Å². The Hall–Kier alpha value is -1.85. The van der Waals surface area contributed by atoms with Crippen LogP contribution in [0.4, 0.5) is 0 Å². The molecular formula is C15H22N4O2. The number of nitrogens with zero attached hydrogens (tertiary/aromatic N) is 3. The van der Waals surface area contributed by atoms with Gasteiger partial charge in [-0.1, -0.05) is 0 Å². The molecule has 21 heavy (non-hydrogen) atoms. The van der Waals surface area contributed by atoms with Crippen LogP contribution in [0.15, 0.2) is 6.07 Å². The van der Waals surface area contributed by atoms with E-state index in [1.54, 1.807) is 10.7 Å². The Morgan fingerprint density at radius 3 is 2.71 bits per heavy atom. The summed E-state index contributed by atoms with van der Waals surface area (Å²) in [4.78, 5) is 26.5. The fraction of sp³-hybridized carbons (Fsp3) is 0.667. The molecule has 0 bridgehead atoms. The number of fused-ring (bicyclic) bond motifs is 1. The lowest BCUT2D eigenvalue weighted by Crippen LogP contribution is -2.41. The average molecular weight is 290 g/mol. The zero-order chi connectivity index (χ0) is 15.2. The minimum atomic E-state index is -0.316. The van der Waals surface area contributed by atoms with Gasteiger partial charge in [-0.15, -0.1) is 0 Å². The summed E-state index contributed by atoms with van der Waals surface area (Å²) < 4.78 is 1.66. The Morgan fingerprint density at radius 2 is 2.10 bits per heavy atom. The summed E-state index contributed by atoms with van der Waals surface area (Å²) in [6.45, 7) is 7.95. The molecule has 0 unspecified atom stereocenters. The van der Waals surface area contributed by atoms with Gasteiger partial charge < -0.3 is 10.2 Å². The van der Waals surface area contributed by atoms with E-state index in [2.05, 4.69) is 10.4 Å². The van der Waals surface area contributed by atoms with Gasteiger partial charge in [0.2, 0.25) is 0 Å². The van der Waals surface area contributed by atoms with Gasteiger partial charge in [0.1, 0.15) is 5.69 Å². The van der Waals surface area contributed by atoms with Gasteiger partial charge in [0.25, 0.3) is 11.8 Å². The number of carbonyl (C=O) groups excluding carboxylic acids is 2. The highest BCUT2D eigenvalue weighted by atomic mass is 16.2. The maximum atomic E-state index is 12.4. The molecule has 2 aliphatic rings. The van der Waals surface area contributed by atoms with Crippen LogP contribution in [0.1, 0.15) is 54.6 Å². The van der Waals surface area contributed by atoms with E-state index >= 15 is 0 Å². The molecule has 2 heterocycles. The Labute approximate surface area is 124 Å². The third-order valence-corrected chi connectivity index (χ3v) is 3.76. The predicted molar refractivity (Wildman–Crippen MR) is 78.1 cm³/mol. The molecule has 0 aromatic carbocycles. The number of amides is 2. The molecule has 1 aliphatic heterocycles. The van der Waals surface area contributed by atoms with Crippen LogP contribution in [0.25, 0.3) is 0 Å². The molecule has 0 radical (unpaired) electrons. The third kappa shape index (κ3) is 3.09. The molecule has 1 aliphatic carbocycles. The molecule has 2 amide bonds. The Balaban J connectivity index is 1.76. The van der Waals surface area contributed by atoms with E-state index in [0.29, 0.717) is 30.4 Å². The number of nitrogens with one attached hydrogen (secondary N) is 1.